The van der Waals surface area contributed by atoms with E-state index in [1.807, 2.05) is 0 Å². The number of halogens is 3. The first-order valence-electron chi connectivity index (χ1n) is 4.42. The van der Waals surface area contributed by atoms with Crippen molar-refractivity contribution in [3.8, 4) is 5.75 Å². The van der Waals surface area contributed by atoms with Gasteiger partial charge >= 0.3 is 0 Å². The highest BCUT2D eigenvalue weighted by Crippen LogP contribution is 2.27. The molecule has 0 unspecified atom stereocenters. The fourth-order valence-corrected chi connectivity index (χ4v) is 1.94. The van der Waals surface area contributed by atoms with Gasteiger partial charge in [-0.05, 0) is 12.1 Å². The maximum atomic E-state index is 13.4. The molecule has 0 saturated heterocycles. The Balaban J connectivity index is 3.03. The zero-order valence-corrected chi connectivity index (χ0v) is 10.3. The Bertz CT molecular complexity index is 504. The predicted octanol–water partition coefficient (Wildman–Crippen LogP) is 1.92. The molecule has 0 fully saturated rings. The van der Waals surface area contributed by atoms with Crippen LogP contribution in [0.25, 0.3) is 0 Å². The Hall–Kier alpha value is -0.920. The van der Waals surface area contributed by atoms with Crippen LogP contribution < -0.4 is 4.74 Å². The third-order valence-corrected chi connectivity index (χ3v) is 3.16. The smallest absolute Gasteiger partial charge is 0.264 e. The van der Waals surface area contributed by atoms with Crippen molar-refractivity contribution in [3.63, 3.8) is 0 Å². The number of rotatable bonds is 5. The molecular formula is C9H9ClF2O4S. The summed E-state index contributed by atoms with van der Waals surface area (Å²) < 4.78 is 57.9. The number of benzene rings is 1. The molecule has 0 aliphatic carbocycles. The average Bonchev–Trinajstić information content (AvgIpc) is 2.23. The van der Waals surface area contributed by atoms with Crippen molar-refractivity contribution in [3.05, 3.63) is 23.8 Å². The van der Waals surface area contributed by atoms with E-state index in [0.29, 0.717) is 0 Å². The lowest BCUT2D eigenvalue weighted by molar-refractivity contribution is 0.143. The van der Waals surface area contributed by atoms with Gasteiger partial charge in [-0.25, -0.2) is 12.8 Å². The van der Waals surface area contributed by atoms with Crippen molar-refractivity contribution in [2.45, 2.75) is 4.90 Å². The van der Waals surface area contributed by atoms with Gasteiger partial charge in [-0.1, -0.05) is 0 Å². The fourth-order valence-electron chi connectivity index (χ4n) is 1.05. The maximum absolute atomic E-state index is 13.4. The van der Waals surface area contributed by atoms with Crippen LogP contribution in [0.3, 0.4) is 0 Å². The minimum Gasteiger partial charge on any atom is -0.488 e. The van der Waals surface area contributed by atoms with Crippen molar-refractivity contribution >= 4 is 19.7 Å². The maximum Gasteiger partial charge on any atom is 0.264 e. The Morgan fingerprint density at radius 1 is 1.24 bits per heavy atom. The van der Waals surface area contributed by atoms with Crippen LogP contribution in [0.1, 0.15) is 0 Å². The van der Waals surface area contributed by atoms with Gasteiger partial charge in [0.05, 0.1) is 6.61 Å². The largest absolute Gasteiger partial charge is 0.488 e. The lowest BCUT2D eigenvalue weighted by Gasteiger charge is -2.08. The molecule has 17 heavy (non-hydrogen) atoms. The van der Waals surface area contributed by atoms with E-state index in [1.165, 1.54) is 7.11 Å². The second kappa shape index (κ2) is 5.61. The first kappa shape index (κ1) is 14.1. The molecule has 96 valence electrons. The van der Waals surface area contributed by atoms with Crippen LogP contribution in [0.4, 0.5) is 8.78 Å². The Labute approximate surface area is 102 Å². The molecule has 8 heteroatoms. The number of methoxy groups -OCH3 is 1. The van der Waals surface area contributed by atoms with Gasteiger partial charge in [0, 0.05) is 17.8 Å². The van der Waals surface area contributed by atoms with Crippen molar-refractivity contribution < 1.29 is 26.7 Å². The van der Waals surface area contributed by atoms with Crippen molar-refractivity contribution in [2.24, 2.45) is 0 Å². The second-order valence-corrected chi connectivity index (χ2v) is 5.50. The highest BCUT2D eigenvalue weighted by molar-refractivity contribution is 8.13. The molecule has 0 radical (unpaired) electrons. The third kappa shape index (κ3) is 3.52. The SMILES string of the molecule is COCCOc1ccc(S(=O)(=O)Cl)c(F)c1F. The summed E-state index contributed by atoms with van der Waals surface area (Å²) >= 11 is 0. The number of hydrogen-bond donors (Lipinski definition) is 0. The van der Waals surface area contributed by atoms with E-state index in [9.17, 15) is 17.2 Å². The van der Waals surface area contributed by atoms with Crippen molar-refractivity contribution in [2.75, 3.05) is 20.3 Å². The standard InChI is InChI=1S/C9H9ClF2O4S/c1-15-4-5-16-6-2-3-7(17(10,13)14)9(12)8(6)11/h2-3H,4-5H2,1H3. The van der Waals surface area contributed by atoms with Gasteiger partial charge in [-0.2, -0.15) is 4.39 Å². The molecule has 1 aromatic carbocycles. The van der Waals surface area contributed by atoms with Crippen LogP contribution >= 0.6 is 10.7 Å². The summed E-state index contributed by atoms with van der Waals surface area (Å²) in [6.45, 7) is 0.205. The highest BCUT2D eigenvalue weighted by atomic mass is 35.7. The molecule has 0 bridgehead atoms. The summed E-state index contributed by atoms with van der Waals surface area (Å²) in [5, 5.41) is 0. The fraction of sp³-hybridized carbons (Fsp3) is 0.333. The molecule has 4 nitrogen and oxygen atoms in total. The topological polar surface area (TPSA) is 52.6 Å². The molecule has 0 N–H and O–H groups in total. The molecule has 0 amide bonds. The summed E-state index contributed by atoms with van der Waals surface area (Å²) in [6.07, 6.45) is 0. The number of hydrogen-bond acceptors (Lipinski definition) is 4. The molecule has 0 heterocycles. The van der Waals surface area contributed by atoms with Crippen molar-refractivity contribution in [1.29, 1.82) is 0 Å². The van der Waals surface area contributed by atoms with Crippen LogP contribution in [0.5, 0.6) is 5.75 Å². The summed E-state index contributed by atoms with van der Waals surface area (Å²) in [5.41, 5.74) is 0. The van der Waals surface area contributed by atoms with Crippen LogP contribution in [0.2, 0.25) is 0 Å². The van der Waals surface area contributed by atoms with E-state index in [-0.39, 0.29) is 13.2 Å². The van der Waals surface area contributed by atoms with Gasteiger partial charge in [0.15, 0.2) is 11.6 Å². The van der Waals surface area contributed by atoms with Gasteiger partial charge in [0.25, 0.3) is 9.05 Å². The monoisotopic (exact) mass is 286 g/mol. The normalized spacial score (nSPS) is 11.5. The molecule has 0 spiro atoms. The zero-order chi connectivity index (χ0) is 13.1. The Kier molecular flexibility index (Phi) is 4.67. The summed E-state index contributed by atoms with van der Waals surface area (Å²) in [5.74, 6) is -3.36. The summed E-state index contributed by atoms with van der Waals surface area (Å²) in [7, 11) is 2.02. The van der Waals surface area contributed by atoms with E-state index in [2.05, 4.69) is 4.74 Å². The van der Waals surface area contributed by atoms with Crippen LogP contribution in [0, 0.1) is 11.6 Å². The van der Waals surface area contributed by atoms with Crippen LogP contribution in [-0.4, -0.2) is 28.7 Å². The van der Waals surface area contributed by atoms with E-state index in [1.54, 1.807) is 0 Å². The Morgan fingerprint density at radius 3 is 2.41 bits per heavy atom. The van der Waals surface area contributed by atoms with Crippen LogP contribution in [-0.2, 0) is 13.8 Å². The van der Waals surface area contributed by atoms with Gasteiger partial charge < -0.3 is 9.47 Å². The van der Waals surface area contributed by atoms with Gasteiger partial charge in [0.1, 0.15) is 11.5 Å². The molecule has 0 aliphatic rings. The van der Waals surface area contributed by atoms with Gasteiger partial charge in [-0.15, -0.1) is 0 Å². The minimum absolute atomic E-state index is 0.0137. The molecule has 0 aromatic heterocycles. The third-order valence-electron chi connectivity index (χ3n) is 1.82. The van der Waals surface area contributed by atoms with E-state index in [4.69, 9.17) is 15.4 Å². The van der Waals surface area contributed by atoms with Crippen molar-refractivity contribution in [1.82, 2.24) is 0 Å². The molecular weight excluding hydrogens is 278 g/mol. The minimum atomic E-state index is -4.32. The first-order chi connectivity index (χ1) is 7.88. The van der Waals surface area contributed by atoms with E-state index >= 15 is 0 Å². The molecule has 0 atom stereocenters. The van der Waals surface area contributed by atoms with Gasteiger partial charge in [0.2, 0.25) is 5.82 Å². The average molecular weight is 287 g/mol. The highest BCUT2D eigenvalue weighted by Gasteiger charge is 2.22. The van der Waals surface area contributed by atoms with Gasteiger partial charge in [-0.3, -0.25) is 0 Å². The predicted molar refractivity (Wildman–Crippen MR) is 56.8 cm³/mol. The van der Waals surface area contributed by atoms with E-state index in [0.717, 1.165) is 12.1 Å². The van der Waals surface area contributed by atoms with E-state index < -0.39 is 31.3 Å². The summed E-state index contributed by atoms with van der Waals surface area (Å²) in [4.78, 5) is -0.921. The Morgan fingerprint density at radius 2 is 1.88 bits per heavy atom. The quantitative estimate of drug-likeness (QED) is 0.613. The molecule has 1 aromatic rings. The molecule has 1 rings (SSSR count). The molecule has 0 aliphatic heterocycles. The van der Waals surface area contributed by atoms with Crippen LogP contribution in [0.15, 0.2) is 17.0 Å². The zero-order valence-electron chi connectivity index (χ0n) is 8.74. The lowest BCUT2D eigenvalue weighted by Crippen LogP contribution is -2.07. The second-order valence-electron chi connectivity index (χ2n) is 2.97. The molecule has 0 saturated carbocycles. The lowest BCUT2D eigenvalue weighted by atomic mass is 10.3. The summed E-state index contributed by atoms with van der Waals surface area (Å²) in [6, 6.07) is 1.83. The number of ether oxygens (including phenoxy) is 2. The first-order valence-corrected chi connectivity index (χ1v) is 6.73.